The van der Waals surface area contributed by atoms with Gasteiger partial charge in [-0.05, 0) is 29.8 Å². The van der Waals surface area contributed by atoms with E-state index in [1.165, 1.54) is 0 Å². The van der Waals surface area contributed by atoms with Gasteiger partial charge in [-0.3, -0.25) is 4.79 Å². The molecule has 0 spiro atoms. The fraction of sp³-hybridized carbons (Fsp3) is 0.100. The molecule has 0 aliphatic heterocycles. The molecule has 126 valence electrons. The number of pyridine rings is 1. The molecule has 3 nitrogen and oxygen atoms in total. The molecule has 2 aromatic carbocycles. The van der Waals surface area contributed by atoms with Crippen LogP contribution in [-0.4, -0.2) is 5.91 Å². The molecule has 1 amide bonds. The lowest BCUT2D eigenvalue weighted by atomic mass is 10.1. The Morgan fingerprint density at radius 3 is 2.28 bits per heavy atom. The van der Waals surface area contributed by atoms with Gasteiger partial charge in [0, 0.05) is 34.3 Å². The van der Waals surface area contributed by atoms with Gasteiger partial charge in [0.25, 0.3) is 5.91 Å². The fourth-order valence-electron chi connectivity index (χ4n) is 2.54. The highest BCUT2D eigenvalue weighted by Gasteiger charge is 2.22. The molecule has 0 fully saturated rings. The molecule has 0 aliphatic rings. The SMILES string of the molecule is C[C@@H](C(=O)Nc1cc(Cl)cc(Cl)c1)[n+]1cccc(-c2ccccc2)c1. The van der Waals surface area contributed by atoms with E-state index in [1.807, 2.05) is 66.3 Å². The van der Waals surface area contributed by atoms with Crippen molar-refractivity contribution in [2.24, 2.45) is 0 Å². The van der Waals surface area contributed by atoms with E-state index in [1.54, 1.807) is 18.2 Å². The number of hydrogen-bond donors (Lipinski definition) is 1. The molecule has 5 heteroatoms. The summed E-state index contributed by atoms with van der Waals surface area (Å²) in [6, 6.07) is 18.6. The molecule has 0 aliphatic carbocycles. The highest BCUT2D eigenvalue weighted by molar-refractivity contribution is 6.35. The fourth-order valence-corrected chi connectivity index (χ4v) is 3.07. The molecule has 1 N–H and O–H groups in total. The van der Waals surface area contributed by atoms with E-state index in [-0.39, 0.29) is 11.9 Å². The molecule has 0 saturated heterocycles. The highest BCUT2D eigenvalue weighted by atomic mass is 35.5. The molecular weight excluding hydrogens is 355 g/mol. The zero-order chi connectivity index (χ0) is 17.8. The Kier molecular flexibility index (Phi) is 5.37. The van der Waals surface area contributed by atoms with Gasteiger partial charge in [0.1, 0.15) is 0 Å². The van der Waals surface area contributed by atoms with Crippen LogP contribution >= 0.6 is 23.2 Å². The number of nitrogens with one attached hydrogen (secondary N) is 1. The lowest BCUT2D eigenvalue weighted by Crippen LogP contribution is -2.44. The number of carbonyl (C=O) groups excluding carboxylic acids is 1. The topological polar surface area (TPSA) is 33.0 Å². The molecule has 0 radical (unpaired) electrons. The second-order valence-electron chi connectivity index (χ2n) is 5.73. The minimum Gasteiger partial charge on any atom is -0.320 e. The molecule has 0 saturated carbocycles. The van der Waals surface area contributed by atoms with E-state index in [2.05, 4.69) is 5.32 Å². The Hall–Kier alpha value is -2.36. The largest absolute Gasteiger partial charge is 0.320 e. The van der Waals surface area contributed by atoms with E-state index in [0.29, 0.717) is 15.7 Å². The number of hydrogen-bond acceptors (Lipinski definition) is 1. The highest BCUT2D eigenvalue weighted by Crippen LogP contribution is 2.23. The van der Waals surface area contributed by atoms with Gasteiger partial charge in [-0.25, -0.2) is 0 Å². The van der Waals surface area contributed by atoms with Crippen LogP contribution < -0.4 is 9.88 Å². The Labute approximate surface area is 156 Å². The first-order valence-corrected chi connectivity index (χ1v) is 8.62. The molecule has 0 bridgehead atoms. The van der Waals surface area contributed by atoms with Crippen molar-refractivity contribution < 1.29 is 9.36 Å². The van der Waals surface area contributed by atoms with Crippen molar-refractivity contribution in [1.82, 2.24) is 0 Å². The number of halogens is 2. The average Bonchev–Trinajstić information content (AvgIpc) is 2.61. The van der Waals surface area contributed by atoms with Crippen molar-refractivity contribution in [3.63, 3.8) is 0 Å². The van der Waals surface area contributed by atoms with Crippen LogP contribution in [-0.2, 0) is 4.79 Å². The molecule has 25 heavy (non-hydrogen) atoms. The maximum Gasteiger partial charge on any atom is 0.293 e. The summed E-state index contributed by atoms with van der Waals surface area (Å²) in [5.41, 5.74) is 2.73. The first-order chi connectivity index (χ1) is 12.0. The van der Waals surface area contributed by atoms with Crippen LogP contribution in [0.4, 0.5) is 5.69 Å². The van der Waals surface area contributed by atoms with Crippen molar-refractivity contribution >= 4 is 34.8 Å². The summed E-state index contributed by atoms with van der Waals surface area (Å²) >= 11 is 12.0. The third-order valence-corrected chi connectivity index (χ3v) is 4.32. The monoisotopic (exact) mass is 371 g/mol. The van der Waals surface area contributed by atoms with Crippen molar-refractivity contribution in [2.45, 2.75) is 13.0 Å². The molecule has 0 unspecified atom stereocenters. The molecule has 1 aromatic heterocycles. The normalized spacial score (nSPS) is 11.8. The summed E-state index contributed by atoms with van der Waals surface area (Å²) in [7, 11) is 0. The second-order valence-corrected chi connectivity index (χ2v) is 6.60. The average molecular weight is 372 g/mol. The number of benzene rings is 2. The number of rotatable bonds is 4. The lowest BCUT2D eigenvalue weighted by Gasteiger charge is -2.10. The summed E-state index contributed by atoms with van der Waals surface area (Å²) in [5, 5.41) is 3.81. The minimum absolute atomic E-state index is 0.145. The van der Waals surface area contributed by atoms with Crippen molar-refractivity contribution in [3.05, 3.63) is 83.1 Å². The van der Waals surface area contributed by atoms with Crippen LogP contribution in [0.2, 0.25) is 10.0 Å². The number of amides is 1. The van der Waals surface area contributed by atoms with E-state index in [0.717, 1.165) is 11.1 Å². The Balaban J connectivity index is 1.80. The summed E-state index contributed by atoms with van der Waals surface area (Å²) in [6.07, 6.45) is 3.84. The van der Waals surface area contributed by atoms with Gasteiger partial charge in [0.2, 0.25) is 6.04 Å². The Morgan fingerprint density at radius 1 is 0.960 bits per heavy atom. The third-order valence-electron chi connectivity index (χ3n) is 3.89. The predicted octanol–water partition coefficient (Wildman–Crippen LogP) is 5.15. The number of anilines is 1. The van der Waals surface area contributed by atoms with Crippen LogP contribution in [0.3, 0.4) is 0 Å². The second kappa shape index (κ2) is 7.68. The van der Waals surface area contributed by atoms with Gasteiger partial charge in [0.15, 0.2) is 12.4 Å². The predicted molar refractivity (Wildman–Crippen MR) is 102 cm³/mol. The van der Waals surface area contributed by atoms with Crippen LogP contribution in [0.1, 0.15) is 13.0 Å². The number of nitrogens with zero attached hydrogens (tertiary/aromatic N) is 1. The van der Waals surface area contributed by atoms with Crippen molar-refractivity contribution in [2.75, 3.05) is 5.32 Å². The zero-order valence-corrected chi connectivity index (χ0v) is 15.1. The van der Waals surface area contributed by atoms with Gasteiger partial charge in [0.05, 0.1) is 0 Å². The number of carbonyl (C=O) groups is 1. The molecular formula is C20H17Cl2N2O+. The van der Waals surface area contributed by atoms with E-state index < -0.39 is 0 Å². The van der Waals surface area contributed by atoms with E-state index in [9.17, 15) is 4.79 Å². The van der Waals surface area contributed by atoms with Crippen molar-refractivity contribution in [3.8, 4) is 11.1 Å². The van der Waals surface area contributed by atoms with Gasteiger partial charge in [-0.1, -0.05) is 53.5 Å². The van der Waals surface area contributed by atoms with Crippen LogP contribution in [0, 0.1) is 0 Å². The Bertz CT molecular complexity index is 877. The van der Waals surface area contributed by atoms with Gasteiger partial charge in [-0.2, -0.15) is 4.57 Å². The maximum absolute atomic E-state index is 12.6. The number of aromatic nitrogens is 1. The molecule has 3 aromatic rings. The smallest absolute Gasteiger partial charge is 0.293 e. The van der Waals surface area contributed by atoms with Crippen LogP contribution in [0.25, 0.3) is 11.1 Å². The minimum atomic E-state index is -0.388. The Morgan fingerprint density at radius 2 is 1.60 bits per heavy atom. The molecule has 1 atom stereocenters. The summed E-state index contributed by atoms with van der Waals surface area (Å²) in [5.74, 6) is -0.145. The van der Waals surface area contributed by atoms with Crippen LogP contribution in [0.5, 0.6) is 0 Å². The maximum atomic E-state index is 12.6. The van der Waals surface area contributed by atoms with E-state index >= 15 is 0 Å². The first kappa shape index (κ1) is 17.5. The summed E-state index contributed by atoms with van der Waals surface area (Å²) in [6.45, 7) is 1.84. The quantitative estimate of drug-likeness (QED) is 0.632. The van der Waals surface area contributed by atoms with Gasteiger partial charge < -0.3 is 5.32 Å². The molecule has 1 heterocycles. The summed E-state index contributed by atoms with van der Waals surface area (Å²) in [4.78, 5) is 12.6. The standard InChI is InChI=1S/C20H16Cl2N2O/c1-14(20(25)23-19-11-17(21)10-18(22)12-19)24-9-5-8-16(13-24)15-6-3-2-4-7-15/h2-14H,1H3/p+1/t14-/m0/s1. The third kappa shape index (κ3) is 4.38. The lowest BCUT2D eigenvalue weighted by molar-refractivity contribution is -0.705. The van der Waals surface area contributed by atoms with Gasteiger partial charge in [-0.15, -0.1) is 0 Å². The van der Waals surface area contributed by atoms with Crippen LogP contribution in [0.15, 0.2) is 73.1 Å². The summed E-state index contributed by atoms with van der Waals surface area (Å²) < 4.78 is 1.88. The van der Waals surface area contributed by atoms with E-state index in [4.69, 9.17) is 23.2 Å². The van der Waals surface area contributed by atoms with Gasteiger partial charge >= 0.3 is 0 Å². The molecule has 3 rings (SSSR count). The van der Waals surface area contributed by atoms with Crippen molar-refractivity contribution in [1.29, 1.82) is 0 Å². The zero-order valence-electron chi connectivity index (χ0n) is 13.6. The first-order valence-electron chi connectivity index (χ1n) is 7.86.